The summed E-state index contributed by atoms with van der Waals surface area (Å²) in [6.45, 7) is 1.82. The quantitative estimate of drug-likeness (QED) is 0.852. The summed E-state index contributed by atoms with van der Waals surface area (Å²) < 4.78 is 1.74. The number of amides is 2. The van der Waals surface area contributed by atoms with Gasteiger partial charge < -0.3 is 19.9 Å². The van der Waals surface area contributed by atoms with E-state index < -0.39 is 12.1 Å². The Hall–Kier alpha value is -1.83. The van der Waals surface area contributed by atoms with Crippen LogP contribution in [-0.2, 0) is 13.5 Å². The summed E-state index contributed by atoms with van der Waals surface area (Å²) in [5.74, 6) is 0.639. The maximum absolute atomic E-state index is 12.7. The van der Waals surface area contributed by atoms with E-state index in [1.165, 1.54) is 4.90 Å². The molecule has 1 heterocycles. The second-order valence-corrected chi connectivity index (χ2v) is 7.10. The summed E-state index contributed by atoms with van der Waals surface area (Å²) in [7, 11) is 3.44. The molecular weight excluding hydrogens is 365 g/mol. The summed E-state index contributed by atoms with van der Waals surface area (Å²) in [6, 6.07) is 2.22. The second-order valence-electron chi connectivity index (χ2n) is 6.25. The van der Waals surface area contributed by atoms with Crippen LogP contribution in [0.3, 0.4) is 0 Å². The number of benzene rings is 1. The van der Waals surface area contributed by atoms with Gasteiger partial charge in [-0.15, -0.1) is 10.2 Å². The van der Waals surface area contributed by atoms with Crippen LogP contribution in [0.2, 0.25) is 10.0 Å². The maximum atomic E-state index is 12.7. The Kier molecular flexibility index (Phi) is 4.90. The normalized spacial score (nSPS) is 20.2. The first kappa shape index (κ1) is 18.0. The second kappa shape index (κ2) is 6.82. The van der Waals surface area contributed by atoms with E-state index in [1.54, 1.807) is 30.1 Å². The third kappa shape index (κ3) is 3.31. The largest absolute Gasteiger partial charge is 0.390 e. The third-order valence-corrected chi connectivity index (χ3v) is 5.06. The van der Waals surface area contributed by atoms with Crippen LogP contribution in [0.15, 0.2) is 18.5 Å². The monoisotopic (exact) mass is 383 g/mol. The number of aliphatic hydroxyl groups is 1. The zero-order valence-corrected chi connectivity index (χ0v) is 15.6. The van der Waals surface area contributed by atoms with Gasteiger partial charge in [-0.3, -0.25) is 0 Å². The SMILES string of the molecule is C[C@H](NC(=O)N(C)[C@@H]1c2cc(Cl)cc(Cl)c2C[C@@H]1O)c1nncn1C. The van der Waals surface area contributed by atoms with Gasteiger partial charge in [0, 0.05) is 30.6 Å². The van der Waals surface area contributed by atoms with Gasteiger partial charge in [0.15, 0.2) is 5.82 Å². The lowest BCUT2D eigenvalue weighted by Gasteiger charge is -2.29. The molecule has 1 aliphatic rings. The van der Waals surface area contributed by atoms with Crippen LogP contribution in [0.25, 0.3) is 0 Å². The van der Waals surface area contributed by atoms with Crippen molar-refractivity contribution in [3.8, 4) is 0 Å². The zero-order chi connectivity index (χ0) is 18.3. The zero-order valence-electron chi connectivity index (χ0n) is 14.1. The fraction of sp³-hybridized carbons (Fsp3) is 0.438. The van der Waals surface area contributed by atoms with Crippen molar-refractivity contribution in [2.75, 3.05) is 7.05 Å². The Bertz CT molecular complexity index is 810. The number of urea groups is 1. The predicted octanol–water partition coefficient (Wildman–Crippen LogP) is 2.48. The van der Waals surface area contributed by atoms with Crippen LogP contribution >= 0.6 is 23.2 Å². The van der Waals surface area contributed by atoms with E-state index in [9.17, 15) is 9.90 Å². The number of hydrogen-bond donors (Lipinski definition) is 2. The van der Waals surface area contributed by atoms with E-state index in [0.717, 1.165) is 11.1 Å². The fourth-order valence-corrected chi connectivity index (χ4v) is 3.85. The number of nitrogens with one attached hydrogen (secondary N) is 1. The van der Waals surface area contributed by atoms with Crippen LogP contribution < -0.4 is 5.32 Å². The Morgan fingerprint density at radius 3 is 2.84 bits per heavy atom. The number of likely N-dealkylation sites (N-methyl/N-ethyl adjacent to an activating group) is 1. The molecule has 9 heteroatoms. The topological polar surface area (TPSA) is 83.3 Å². The summed E-state index contributed by atoms with van der Waals surface area (Å²) in [5, 5.41) is 22.1. The lowest BCUT2D eigenvalue weighted by molar-refractivity contribution is 0.0883. The lowest BCUT2D eigenvalue weighted by Crippen LogP contribution is -2.43. The lowest BCUT2D eigenvalue weighted by atomic mass is 10.1. The van der Waals surface area contributed by atoms with E-state index in [4.69, 9.17) is 23.2 Å². The maximum Gasteiger partial charge on any atom is 0.318 e. The molecule has 0 unspecified atom stereocenters. The van der Waals surface area contributed by atoms with E-state index in [2.05, 4.69) is 15.5 Å². The Morgan fingerprint density at radius 1 is 1.48 bits per heavy atom. The molecule has 25 heavy (non-hydrogen) atoms. The molecule has 7 nitrogen and oxygen atoms in total. The van der Waals surface area contributed by atoms with E-state index in [-0.39, 0.29) is 12.1 Å². The van der Waals surface area contributed by atoms with Gasteiger partial charge in [0.25, 0.3) is 0 Å². The number of carbonyl (C=O) groups is 1. The van der Waals surface area contributed by atoms with Crippen LogP contribution in [0, 0.1) is 0 Å². The van der Waals surface area contributed by atoms with Gasteiger partial charge >= 0.3 is 6.03 Å². The van der Waals surface area contributed by atoms with Gasteiger partial charge in [0.1, 0.15) is 6.33 Å². The number of aliphatic hydroxyl groups excluding tert-OH is 1. The highest BCUT2D eigenvalue weighted by Gasteiger charge is 2.38. The molecule has 2 aromatic rings. The van der Waals surface area contributed by atoms with Crippen molar-refractivity contribution in [2.24, 2.45) is 7.05 Å². The van der Waals surface area contributed by atoms with Gasteiger partial charge in [-0.1, -0.05) is 23.2 Å². The Balaban J connectivity index is 1.80. The van der Waals surface area contributed by atoms with Gasteiger partial charge in [-0.2, -0.15) is 0 Å². The molecule has 0 radical (unpaired) electrons. The molecule has 1 aromatic carbocycles. The van der Waals surface area contributed by atoms with Crippen molar-refractivity contribution in [1.82, 2.24) is 25.0 Å². The fourth-order valence-electron chi connectivity index (χ4n) is 3.26. The molecule has 1 aromatic heterocycles. The van der Waals surface area contributed by atoms with E-state index in [1.807, 2.05) is 14.0 Å². The number of aryl methyl sites for hydroxylation is 1. The first-order valence-corrected chi connectivity index (χ1v) is 8.58. The van der Waals surface area contributed by atoms with E-state index >= 15 is 0 Å². The first-order chi connectivity index (χ1) is 11.8. The van der Waals surface area contributed by atoms with Crippen molar-refractivity contribution < 1.29 is 9.90 Å². The summed E-state index contributed by atoms with van der Waals surface area (Å²) in [4.78, 5) is 14.1. The molecule has 0 saturated heterocycles. The molecule has 1 aliphatic carbocycles. The molecule has 2 amide bonds. The minimum Gasteiger partial charge on any atom is -0.390 e. The standard InChI is InChI=1S/C16H19Cl2N5O2/c1-8(15-21-19-7-22(15)2)20-16(25)23(3)14-11-4-9(17)5-12(18)10(11)6-13(14)24/h4-5,7-8,13-14,24H,6H2,1-3H3,(H,20,25)/t8-,13-,14+/m0/s1. The summed E-state index contributed by atoms with van der Waals surface area (Å²) in [6.07, 6.45) is 1.21. The average molecular weight is 384 g/mol. The highest BCUT2D eigenvalue weighted by Crippen LogP contribution is 2.40. The minimum absolute atomic E-state index is 0.330. The highest BCUT2D eigenvalue weighted by atomic mass is 35.5. The van der Waals surface area contributed by atoms with Crippen molar-refractivity contribution in [1.29, 1.82) is 0 Å². The first-order valence-electron chi connectivity index (χ1n) is 7.82. The number of fused-ring (bicyclic) bond motifs is 1. The highest BCUT2D eigenvalue weighted by molar-refractivity contribution is 6.35. The van der Waals surface area contributed by atoms with Gasteiger partial charge in [0.2, 0.25) is 0 Å². The van der Waals surface area contributed by atoms with Crippen molar-refractivity contribution in [3.63, 3.8) is 0 Å². The molecule has 3 atom stereocenters. The molecule has 134 valence electrons. The number of nitrogens with zero attached hydrogens (tertiary/aromatic N) is 4. The number of hydrogen-bond acceptors (Lipinski definition) is 4. The third-order valence-electron chi connectivity index (χ3n) is 4.50. The number of carbonyl (C=O) groups excluding carboxylic acids is 1. The number of aromatic nitrogens is 3. The smallest absolute Gasteiger partial charge is 0.318 e. The Labute approximate surface area is 155 Å². The molecule has 3 rings (SSSR count). The molecule has 0 spiro atoms. The van der Waals surface area contributed by atoms with Crippen LogP contribution in [0.1, 0.15) is 36.0 Å². The predicted molar refractivity (Wildman–Crippen MR) is 94.6 cm³/mol. The number of halogens is 2. The van der Waals surface area contributed by atoms with Crippen LogP contribution in [-0.4, -0.2) is 44.0 Å². The summed E-state index contributed by atoms with van der Waals surface area (Å²) in [5.41, 5.74) is 1.60. The van der Waals surface area contributed by atoms with Gasteiger partial charge in [0.05, 0.1) is 18.2 Å². The minimum atomic E-state index is -0.744. The summed E-state index contributed by atoms with van der Waals surface area (Å²) >= 11 is 12.3. The average Bonchev–Trinajstić information content (AvgIpc) is 3.09. The number of rotatable bonds is 3. The molecular formula is C16H19Cl2N5O2. The molecule has 2 N–H and O–H groups in total. The van der Waals surface area contributed by atoms with Crippen LogP contribution in [0.5, 0.6) is 0 Å². The van der Waals surface area contributed by atoms with Crippen molar-refractivity contribution in [2.45, 2.75) is 31.5 Å². The molecule has 0 bridgehead atoms. The molecule has 0 aliphatic heterocycles. The van der Waals surface area contributed by atoms with Crippen molar-refractivity contribution in [3.05, 3.63) is 45.5 Å². The Morgan fingerprint density at radius 2 is 2.20 bits per heavy atom. The molecule has 0 saturated carbocycles. The van der Waals surface area contributed by atoms with Gasteiger partial charge in [-0.25, -0.2) is 4.79 Å². The van der Waals surface area contributed by atoms with Crippen LogP contribution in [0.4, 0.5) is 4.79 Å². The van der Waals surface area contributed by atoms with E-state index in [0.29, 0.717) is 22.3 Å². The van der Waals surface area contributed by atoms with Gasteiger partial charge in [-0.05, 0) is 30.2 Å². The van der Waals surface area contributed by atoms with Crippen molar-refractivity contribution >= 4 is 29.2 Å². The molecule has 0 fully saturated rings.